The van der Waals surface area contributed by atoms with Gasteiger partial charge in [-0.1, -0.05) is 15.9 Å². The summed E-state index contributed by atoms with van der Waals surface area (Å²) >= 11 is 3.32. The lowest BCUT2D eigenvalue weighted by atomic mass is 10.1. The Labute approximate surface area is 128 Å². The van der Waals surface area contributed by atoms with Crippen molar-refractivity contribution in [2.24, 2.45) is 0 Å². The lowest BCUT2D eigenvalue weighted by molar-refractivity contribution is 0.103. The van der Waals surface area contributed by atoms with Gasteiger partial charge in [-0.3, -0.25) is 4.79 Å². The van der Waals surface area contributed by atoms with Gasteiger partial charge >= 0.3 is 0 Å². The number of nitriles is 1. The van der Waals surface area contributed by atoms with Crippen molar-refractivity contribution >= 4 is 33.2 Å². The average molecular weight is 342 g/mol. The maximum Gasteiger partial charge on any atom is 0.198 e. The zero-order valence-electron chi connectivity index (χ0n) is 10.6. The summed E-state index contributed by atoms with van der Waals surface area (Å²) in [5.41, 5.74) is 7.37. The fourth-order valence-corrected chi connectivity index (χ4v) is 2.22. The Morgan fingerprint density at radius 3 is 2.67 bits per heavy atom. The molecule has 2 aromatic heterocycles. The summed E-state index contributed by atoms with van der Waals surface area (Å²) in [5, 5.41) is 12.9. The van der Waals surface area contributed by atoms with Crippen LogP contribution in [0.15, 0.2) is 41.1 Å². The number of rotatable bonds is 2. The lowest BCUT2D eigenvalue weighted by Crippen LogP contribution is -2.11. The van der Waals surface area contributed by atoms with Crippen LogP contribution in [0.3, 0.4) is 0 Å². The SMILES string of the molecule is N#Cc1cnn2c(N)c(C(=O)c3ccc(Br)cc3)cnc12. The number of hydrogen-bond acceptors (Lipinski definition) is 5. The van der Waals surface area contributed by atoms with Crippen LogP contribution in [0.2, 0.25) is 0 Å². The maximum absolute atomic E-state index is 12.5. The monoisotopic (exact) mass is 341 g/mol. The number of aromatic nitrogens is 3. The average Bonchev–Trinajstić information content (AvgIpc) is 2.92. The zero-order chi connectivity index (χ0) is 15.0. The number of carbonyl (C=O) groups excluding carboxylic acids is 1. The summed E-state index contributed by atoms with van der Waals surface area (Å²) < 4.78 is 2.18. The fourth-order valence-electron chi connectivity index (χ4n) is 1.96. The quantitative estimate of drug-likeness (QED) is 0.720. The van der Waals surface area contributed by atoms with Gasteiger partial charge < -0.3 is 5.73 Å². The first-order valence-electron chi connectivity index (χ1n) is 5.94. The highest BCUT2D eigenvalue weighted by atomic mass is 79.9. The largest absolute Gasteiger partial charge is 0.383 e. The molecule has 0 aliphatic carbocycles. The van der Waals surface area contributed by atoms with E-state index in [0.717, 1.165) is 4.47 Å². The lowest BCUT2D eigenvalue weighted by Gasteiger charge is -2.06. The minimum Gasteiger partial charge on any atom is -0.383 e. The summed E-state index contributed by atoms with van der Waals surface area (Å²) in [6, 6.07) is 8.91. The molecule has 7 heteroatoms. The second kappa shape index (κ2) is 5.00. The first-order chi connectivity index (χ1) is 10.1. The first kappa shape index (κ1) is 13.3. The third-order valence-corrected chi connectivity index (χ3v) is 3.56. The van der Waals surface area contributed by atoms with Crippen LogP contribution in [0.5, 0.6) is 0 Å². The zero-order valence-corrected chi connectivity index (χ0v) is 12.2. The van der Waals surface area contributed by atoms with E-state index >= 15 is 0 Å². The van der Waals surface area contributed by atoms with E-state index in [1.54, 1.807) is 24.3 Å². The normalized spacial score (nSPS) is 10.5. The molecule has 1 aromatic carbocycles. The molecule has 0 saturated heterocycles. The van der Waals surface area contributed by atoms with Gasteiger partial charge in [0.2, 0.25) is 0 Å². The van der Waals surface area contributed by atoms with Gasteiger partial charge in [-0.15, -0.1) is 0 Å². The number of nitrogen functional groups attached to an aromatic ring is 1. The van der Waals surface area contributed by atoms with Gasteiger partial charge in [-0.05, 0) is 24.3 Å². The molecule has 0 bridgehead atoms. The van der Waals surface area contributed by atoms with E-state index in [0.29, 0.717) is 16.8 Å². The second-order valence-electron chi connectivity index (χ2n) is 4.30. The molecule has 3 aromatic rings. The summed E-state index contributed by atoms with van der Waals surface area (Å²) in [6.07, 6.45) is 2.74. The summed E-state index contributed by atoms with van der Waals surface area (Å²) in [7, 11) is 0. The van der Waals surface area contributed by atoms with Crippen molar-refractivity contribution in [3.63, 3.8) is 0 Å². The van der Waals surface area contributed by atoms with E-state index in [-0.39, 0.29) is 17.2 Å². The maximum atomic E-state index is 12.5. The van der Waals surface area contributed by atoms with E-state index in [2.05, 4.69) is 26.0 Å². The fraction of sp³-hybridized carbons (Fsp3) is 0. The minimum absolute atomic E-state index is 0.161. The highest BCUT2D eigenvalue weighted by molar-refractivity contribution is 9.10. The summed E-state index contributed by atoms with van der Waals surface area (Å²) in [5.74, 6) is -0.0853. The van der Waals surface area contributed by atoms with Crippen LogP contribution in [0.1, 0.15) is 21.5 Å². The third-order valence-electron chi connectivity index (χ3n) is 3.04. The predicted molar refractivity (Wildman–Crippen MR) is 79.7 cm³/mol. The van der Waals surface area contributed by atoms with Crippen LogP contribution in [-0.4, -0.2) is 20.4 Å². The van der Waals surface area contributed by atoms with Crippen LogP contribution >= 0.6 is 15.9 Å². The molecular weight excluding hydrogens is 334 g/mol. The van der Waals surface area contributed by atoms with Crippen LogP contribution in [-0.2, 0) is 0 Å². The molecule has 0 unspecified atom stereocenters. The molecule has 0 saturated carbocycles. The van der Waals surface area contributed by atoms with Gasteiger partial charge in [-0.25, -0.2) is 4.98 Å². The highest BCUT2D eigenvalue weighted by Gasteiger charge is 2.17. The summed E-state index contributed by atoms with van der Waals surface area (Å²) in [4.78, 5) is 16.6. The smallest absolute Gasteiger partial charge is 0.198 e. The molecule has 0 fully saturated rings. The van der Waals surface area contributed by atoms with E-state index in [1.165, 1.54) is 16.9 Å². The van der Waals surface area contributed by atoms with Gasteiger partial charge in [0.05, 0.1) is 11.8 Å². The number of nitrogens with two attached hydrogens (primary N) is 1. The van der Waals surface area contributed by atoms with Gasteiger partial charge in [-0.2, -0.15) is 14.9 Å². The number of carbonyl (C=O) groups is 1. The number of anilines is 1. The molecule has 2 heterocycles. The molecule has 6 nitrogen and oxygen atoms in total. The van der Waals surface area contributed by atoms with Crippen molar-refractivity contribution < 1.29 is 4.79 Å². The third kappa shape index (κ3) is 2.15. The topological polar surface area (TPSA) is 97.1 Å². The number of nitrogens with zero attached hydrogens (tertiary/aromatic N) is 4. The van der Waals surface area contributed by atoms with Crippen LogP contribution < -0.4 is 5.73 Å². The Bertz CT molecular complexity index is 892. The molecule has 0 atom stereocenters. The van der Waals surface area contributed by atoms with E-state index in [1.807, 2.05) is 6.07 Å². The number of hydrogen-bond donors (Lipinski definition) is 1. The van der Waals surface area contributed by atoms with E-state index < -0.39 is 0 Å². The Kier molecular flexibility index (Phi) is 3.16. The molecule has 102 valence electrons. The second-order valence-corrected chi connectivity index (χ2v) is 5.21. The molecule has 0 aliphatic rings. The van der Waals surface area contributed by atoms with Gasteiger partial charge in [0.15, 0.2) is 11.4 Å². The van der Waals surface area contributed by atoms with Crippen LogP contribution in [0.25, 0.3) is 5.65 Å². The molecule has 0 amide bonds. The molecule has 0 aliphatic heterocycles. The molecule has 0 spiro atoms. The molecule has 21 heavy (non-hydrogen) atoms. The highest BCUT2D eigenvalue weighted by Crippen LogP contribution is 2.20. The van der Waals surface area contributed by atoms with Crippen LogP contribution in [0, 0.1) is 11.3 Å². The van der Waals surface area contributed by atoms with E-state index in [9.17, 15) is 4.79 Å². The molecule has 2 N–H and O–H groups in total. The molecular formula is C14H8BrN5O. The van der Waals surface area contributed by atoms with E-state index in [4.69, 9.17) is 11.0 Å². The number of fused-ring (bicyclic) bond motifs is 1. The van der Waals surface area contributed by atoms with Crippen molar-refractivity contribution in [3.05, 3.63) is 57.8 Å². The molecule has 3 rings (SSSR count). The van der Waals surface area contributed by atoms with Gasteiger partial charge in [0.25, 0.3) is 0 Å². The van der Waals surface area contributed by atoms with Gasteiger partial charge in [0.1, 0.15) is 17.5 Å². The predicted octanol–water partition coefficient (Wildman–Crippen LogP) is 2.18. The minimum atomic E-state index is -0.247. The van der Waals surface area contributed by atoms with Crippen molar-refractivity contribution in [1.29, 1.82) is 5.26 Å². The number of benzene rings is 1. The Morgan fingerprint density at radius 1 is 1.29 bits per heavy atom. The number of halogens is 1. The van der Waals surface area contributed by atoms with Crippen molar-refractivity contribution in [3.8, 4) is 6.07 Å². The first-order valence-corrected chi connectivity index (χ1v) is 6.73. The van der Waals surface area contributed by atoms with Crippen molar-refractivity contribution in [2.45, 2.75) is 0 Å². The van der Waals surface area contributed by atoms with Gasteiger partial charge in [0, 0.05) is 16.2 Å². The van der Waals surface area contributed by atoms with Crippen molar-refractivity contribution in [1.82, 2.24) is 14.6 Å². The van der Waals surface area contributed by atoms with Crippen molar-refractivity contribution in [2.75, 3.05) is 5.73 Å². The summed E-state index contributed by atoms with van der Waals surface area (Å²) in [6.45, 7) is 0. The Balaban J connectivity index is 2.13. The standard InChI is InChI=1S/C14H8BrN5O/c15-10-3-1-8(2-4-10)12(21)11-7-18-14-9(5-16)6-19-20(14)13(11)17/h1-4,6-7H,17H2. The Hall–Kier alpha value is -2.72. The Morgan fingerprint density at radius 2 is 2.00 bits per heavy atom. The number of ketones is 1. The molecule has 0 radical (unpaired) electrons. The van der Waals surface area contributed by atoms with Crippen LogP contribution in [0.4, 0.5) is 5.82 Å².